The average Bonchev–Trinajstić information content (AvgIpc) is 2.98. The minimum atomic E-state index is -0.554. The van der Waals surface area contributed by atoms with E-state index in [0.29, 0.717) is 12.2 Å². The number of hydrogen-bond acceptors (Lipinski definition) is 8. The molecule has 0 radical (unpaired) electrons. The molecule has 1 amide bonds. The van der Waals surface area contributed by atoms with Gasteiger partial charge in [-0.05, 0) is 11.3 Å². The smallest absolute Gasteiger partial charge is 0.325 e. The van der Waals surface area contributed by atoms with Gasteiger partial charge in [0, 0.05) is 11.9 Å². The normalized spacial score (nSPS) is 10.4. The van der Waals surface area contributed by atoms with Crippen molar-refractivity contribution in [2.75, 3.05) is 5.32 Å². The van der Waals surface area contributed by atoms with Gasteiger partial charge < -0.3 is 11.1 Å². The summed E-state index contributed by atoms with van der Waals surface area (Å²) >= 11 is 2.20. The molecule has 8 nitrogen and oxygen atoms in total. The number of anilines is 1. The van der Waals surface area contributed by atoms with Crippen LogP contribution in [0.4, 0.5) is 10.1 Å². The lowest BCUT2D eigenvalue weighted by Crippen LogP contribution is -2.14. The summed E-state index contributed by atoms with van der Waals surface area (Å²) in [6.45, 7) is 0.338. The summed E-state index contributed by atoms with van der Waals surface area (Å²) in [5.41, 5.74) is 6.04. The number of hydrogen-bond donors (Lipinski definition) is 2. The number of aromatic nitrogens is 2. The van der Waals surface area contributed by atoms with Crippen molar-refractivity contribution in [3.8, 4) is 0 Å². The van der Waals surface area contributed by atoms with Gasteiger partial charge in [-0.25, -0.2) is 9.97 Å². The van der Waals surface area contributed by atoms with Crippen LogP contribution in [-0.4, -0.2) is 20.8 Å². The SMILES string of the molecule is NCc1nc(CC(=O)Nc2ncc([N+](=O)[O-])s2)cs1. The van der Waals surface area contributed by atoms with E-state index < -0.39 is 4.92 Å². The Hall–Kier alpha value is -1.91. The maximum absolute atomic E-state index is 11.7. The van der Waals surface area contributed by atoms with Crippen LogP contribution in [0, 0.1) is 10.1 Å². The molecule has 2 aromatic heterocycles. The Morgan fingerprint density at radius 2 is 2.37 bits per heavy atom. The van der Waals surface area contributed by atoms with Crippen LogP contribution in [0.3, 0.4) is 0 Å². The van der Waals surface area contributed by atoms with E-state index in [0.717, 1.165) is 22.5 Å². The summed E-state index contributed by atoms with van der Waals surface area (Å²) in [5, 5.41) is 15.6. The lowest BCUT2D eigenvalue weighted by Gasteiger charge is -1.98. The third-order valence-corrected chi connectivity index (χ3v) is 3.82. The lowest BCUT2D eigenvalue weighted by atomic mass is 10.3. The molecule has 0 aliphatic heterocycles. The Morgan fingerprint density at radius 3 is 2.95 bits per heavy atom. The summed E-state index contributed by atoms with van der Waals surface area (Å²) < 4.78 is 0. The van der Waals surface area contributed by atoms with E-state index in [2.05, 4.69) is 15.3 Å². The maximum Gasteiger partial charge on any atom is 0.345 e. The van der Waals surface area contributed by atoms with E-state index in [1.165, 1.54) is 11.3 Å². The van der Waals surface area contributed by atoms with E-state index in [9.17, 15) is 14.9 Å². The van der Waals surface area contributed by atoms with Crippen molar-refractivity contribution in [2.24, 2.45) is 5.73 Å². The Labute approximate surface area is 115 Å². The van der Waals surface area contributed by atoms with Crippen molar-refractivity contribution >= 4 is 38.7 Å². The maximum atomic E-state index is 11.7. The molecule has 3 N–H and O–H groups in total. The minimum Gasteiger partial charge on any atom is -0.325 e. The zero-order valence-corrected chi connectivity index (χ0v) is 11.2. The number of thiazole rings is 2. The Bertz CT molecular complexity index is 609. The van der Waals surface area contributed by atoms with Gasteiger partial charge >= 0.3 is 5.00 Å². The Balaban J connectivity index is 1.95. The molecule has 0 saturated heterocycles. The van der Waals surface area contributed by atoms with Gasteiger partial charge in [-0.3, -0.25) is 14.9 Å². The first-order valence-electron chi connectivity index (χ1n) is 5.12. The number of nitrogens with one attached hydrogen (secondary N) is 1. The summed E-state index contributed by atoms with van der Waals surface area (Å²) in [4.78, 5) is 29.5. The molecule has 2 aromatic rings. The summed E-state index contributed by atoms with van der Waals surface area (Å²) in [7, 11) is 0. The molecule has 19 heavy (non-hydrogen) atoms. The second-order valence-electron chi connectivity index (χ2n) is 3.42. The van der Waals surface area contributed by atoms with Crippen molar-refractivity contribution in [1.82, 2.24) is 9.97 Å². The topological polar surface area (TPSA) is 124 Å². The Morgan fingerprint density at radius 1 is 1.58 bits per heavy atom. The first-order chi connectivity index (χ1) is 9.08. The molecule has 100 valence electrons. The largest absolute Gasteiger partial charge is 0.345 e. The van der Waals surface area contributed by atoms with Gasteiger partial charge in [-0.1, -0.05) is 0 Å². The summed E-state index contributed by atoms with van der Waals surface area (Å²) in [6, 6.07) is 0. The molecule has 10 heteroatoms. The van der Waals surface area contributed by atoms with E-state index in [-0.39, 0.29) is 22.5 Å². The monoisotopic (exact) mass is 299 g/mol. The minimum absolute atomic E-state index is 0.0872. The first-order valence-corrected chi connectivity index (χ1v) is 6.81. The van der Waals surface area contributed by atoms with Crippen LogP contribution in [0.25, 0.3) is 0 Å². The predicted molar refractivity (Wildman–Crippen MR) is 71.1 cm³/mol. The molecule has 0 bridgehead atoms. The fraction of sp³-hybridized carbons (Fsp3) is 0.222. The van der Waals surface area contributed by atoms with Gasteiger partial charge in [0.05, 0.1) is 17.0 Å². The third-order valence-electron chi connectivity index (χ3n) is 2.04. The zero-order chi connectivity index (χ0) is 13.8. The second-order valence-corrected chi connectivity index (χ2v) is 5.37. The molecule has 0 fully saturated rings. The molecule has 0 aliphatic carbocycles. The van der Waals surface area contributed by atoms with Crippen molar-refractivity contribution in [3.05, 3.63) is 32.4 Å². The predicted octanol–water partition coefficient (Wildman–Crippen LogP) is 1.15. The Kier molecular flexibility index (Phi) is 4.14. The summed E-state index contributed by atoms with van der Waals surface area (Å²) in [6.07, 6.45) is 1.19. The van der Waals surface area contributed by atoms with Crippen molar-refractivity contribution in [1.29, 1.82) is 0 Å². The van der Waals surface area contributed by atoms with Crippen LogP contribution in [0.15, 0.2) is 11.6 Å². The number of rotatable bonds is 5. The molecular formula is C9H9N5O3S2. The van der Waals surface area contributed by atoms with Crippen LogP contribution in [0.5, 0.6) is 0 Å². The van der Waals surface area contributed by atoms with Gasteiger partial charge in [-0.15, -0.1) is 11.3 Å². The molecule has 2 rings (SSSR count). The highest BCUT2D eigenvalue weighted by molar-refractivity contribution is 7.18. The summed E-state index contributed by atoms with van der Waals surface area (Å²) in [5.74, 6) is -0.321. The van der Waals surface area contributed by atoms with E-state index in [1.54, 1.807) is 5.38 Å². The number of carbonyl (C=O) groups excluding carboxylic acids is 1. The van der Waals surface area contributed by atoms with Crippen LogP contribution >= 0.6 is 22.7 Å². The van der Waals surface area contributed by atoms with E-state index >= 15 is 0 Å². The molecule has 0 aliphatic rings. The average molecular weight is 299 g/mol. The highest BCUT2D eigenvalue weighted by Gasteiger charge is 2.14. The standard InChI is InChI=1S/C9H9N5O3S2/c10-2-7-12-5(4-18-7)1-6(15)13-9-11-3-8(19-9)14(16)17/h3-4H,1-2,10H2,(H,11,13,15). The van der Waals surface area contributed by atoms with Crippen molar-refractivity contribution in [2.45, 2.75) is 13.0 Å². The molecule has 0 aromatic carbocycles. The second kappa shape index (κ2) is 5.82. The molecule has 2 heterocycles. The van der Waals surface area contributed by atoms with Crippen LogP contribution in [0.1, 0.15) is 10.7 Å². The van der Waals surface area contributed by atoms with Crippen LogP contribution < -0.4 is 11.1 Å². The number of nitrogens with zero attached hydrogens (tertiary/aromatic N) is 3. The molecule has 0 unspecified atom stereocenters. The number of nitro groups is 1. The highest BCUT2D eigenvalue weighted by Crippen LogP contribution is 2.25. The molecule has 0 spiro atoms. The van der Waals surface area contributed by atoms with Crippen LogP contribution in [0.2, 0.25) is 0 Å². The van der Waals surface area contributed by atoms with E-state index in [1.807, 2.05) is 0 Å². The van der Waals surface area contributed by atoms with Crippen molar-refractivity contribution in [3.63, 3.8) is 0 Å². The van der Waals surface area contributed by atoms with Gasteiger partial charge in [0.15, 0.2) is 5.13 Å². The highest BCUT2D eigenvalue weighted by atomic mass is 32.1. The number of carbonyl (C=O) groups is 1. The van der Waals surface area contributed by atoms with E-state index in [4.69, 9.17) is 5.73 Å². The molecular weight excluding hydrogens is 290 g/mol. The number of nitrogens with two attached hydrogens (primary N) is 1. The fourth-order valence-corrected chi connectivity index (χ4v) is 2.58. The third kappa shape index (κ3) is 3.53. The molecule has 0 saturated carbocycles. The number of amides is 1. The lowest BCUT2D eigenvalue weighted by molar-refractivity contribution is -0.380. The quantitative estimate of drug-likeness (QED) is 0.630. The first kappa shape index (κ1) is 13.5. The molecule has 0 atom stereocenters. The van der Waals surface area contributed by atoms with Gasteiger partial charge in [-0.2, -0.15) is 0 Å². The van der Waals surface area contributed by atoms with Gasteiger partial charge in [0.25, 0.3) is 0 Å². The fourth-order valence-electron chi connectivity index (χ4n) is 1.26. The van der Waals surface area contributed by atoms with Crippen LogP contribution in [-0.2, 0) is 17.8 Å². The van der Waals surface area contributed by atoms with Gasteiger partial charge in [0.2, 0.25) is 5.91 Å². The zero-order valence-electron chi connectivity index (χ0n) is 9.53. The van der Waals surface area contributed by atoms with Gasteiger partial charge in [0.1, 0.15) is 11.2 Å². The van der Waals surface area contributed by atoms with Crippen molar-refractivity contribution < 1.29 is 9.72 Å².